The lowest BCUT2D eigenvalue weighted by Gasteiger charge is -2.20. The van der Waals surface area contributed by atoms with Crippen molar-refractivity contribution in [2.24, 2.45) is 0 Å². The summed E-state index contributed by atoms with van der Waals surface area (Å²) in [7, 11) is 0. The van der Waals surface area contributed by atoms with Crippen molar-refractivity contribution in [2.75, 3.05) is 18.8 Å². The van der Waals surface area contributed by atoms with Gasteiger partial charge < -0.3 is 4.90 Å². The molecule has 2 aromatic heterocycles. The molecule has 0 spiro atoms. The molecule has 0 aliphatic heterocycles. The molecule has 6 heteroatoms. The maximum absolute atomic E-state index is 12.4. The van der Waals surface area contributed by atoms with Crippen LogP contribution in [-0.2, 0) is 4.79 Å². The van der Waals surface area contributed by atoms with Crippen molar-refractivity contribution in [3.8, 4) is 0 Å². The molecule has 0 fully saturated rings. The Bertz CT molecular complexity index is 847. The second-order valence-electron chi connectivity index (χ2n) is 5.57. The van der Waals surface area contributed by atoms with Gasteiger partial charge in [-0.15, -0.1) is 11.3 Å². The number of carbonyl (C=O) groups is 1. The number of rotatable bonds is 7. The van der Waals surface area contributed by atoms with Crippen LogP contribution in [0.2, 0.25) is 0 Å². The Morgan fingerprint density at radius 2 is 2.08 bits per heavy atom. The zero-order chi connectivity index (χ0) is 16.9. The minimum atomic E-state index is 0.184. The van der Waals surface area contributed by atoms with Crippen LogP contribution in [0.1, 0.15) is 26.7 Å². The highest BCUT2D eigenvalue weighted by atomic mass is 32.2. The Labute approximate surface area is 150 Å². The van der Waals surface area contributed by atoms with E-state index in [1.807, 2.05) is 24.0 Å². The summed E-state index contributed by atoms with van der Waals surface area (Å²) in [6.45, 7) is 5.79. The molecule has 0 N–H and O–H groups in total. The van der Waals surface area contributed by atoms with Gasteiger partial charge in [-0.05, 0) is 19.4 Å². The van der Waals surface area contributed by atoms with Gasteiger partial charge in [-0.25, -0.2) is 9.97 Å². The van der Waals surface area contributed by atoms with Gasteiger partial charge in [0.15, 0.2) is 0 Å². The van der Waals surface area contributed by atoms with Gasteiger partial charge in [0.2, 0.25) is 5.91 Å². The fourth-order valence-corrected chi connectivity index (χ4v) is 4.77. The Morgan fingerprint density at radius 1 is 1.25 bits per heavy atom. The minimum absolute atomic E-state index is 0.184. The molecule has 0 atom stereocenters. The molecule has 0 aliphatic carbocycles. The molecule has 1 aromatic carbocycles. The number of benzene rings is 1. The van der Waals surface area contributed by atoms with Crippen LogP contribution in [0, 0.1) is 0 Å². The van der Waals surface area contributed by atoms with Crippen LogP contribution in [0.5, 0.6) is 0 Å². The summed E-state index contributed by atoms with van der Waals surface area (Å²) in [5, 5.41) is 2.06. The first-order valence-corrected chi connectivity index (χ1v) is 10.1. The molecule has 0 saturated heterocycles. The van der Waals surface area contributed by atoms with Crippen LogP contribution in [0.25, 0.3) is 20.3 Å². The summed E-state index contributed by atoms with van der Waals surface area (Å²) in [6.07, 6.45) is 3.76. The molecular formula is C18H21N3OS2. The molecule has 24 heavy (non-hydrogen) atoms. The van der Waals surface area contributed by atoms with Crippen molar-refractivity contribution in [2.45, 2.75) is 31.7 Å². The Hall–Kier alpha value is -1.66. The molecule has 3 rings (SSSR count). The van der Waals surface area contributed by atoms with E-state index in [4.69, 9.17) is 0 Å². The highest BCUT2D eigenvalue weighted by molar-refractivity contribution is 8.00. The molecule has 0 unspecified atom stereocenters. The van der Waals surface area contributed by atoms with E-state index >= 15 is 0 Å². The van der Waals surface area contributed by atoms with Gasteiger partial charge in [-0.1, -0.05) is 43.3 Å². The summed E-state index contributed by atoms with van der Waals surface area (Å²) >= 11 is 3.22. The summed E-state index contributed by atoms with van der Waals surface area (Å²) in [6, 6.07) is 8.25. The van der Waals surface area contributed by atoms with Gasteiger partial charge in [0.1, 0.15) is 11.4 Å². The summed E-state index contributed by atoms with van der Waals surface area (Å²) in [5.41, 5.74) is 0.985. The number of fused-ring (bicyclic) bond motifs is 3. The first kappa shape index (κ1) is 17.2. The van der Waals surface area contributed by atoms with E-state index in [9.17, 15) is 4.79 Å². The summed E-state index contributed by atoms with van der Waals surface area (Å²) < 4.78 is 2.28. The largest absolute Gasteiger partial charge is 0.342 e. The van der Waals surface area contributed by atoms with Crippen LogP contribution in [0.15, 0.2) is 35.6 Å². The molecule has 1 amide bonds. The SMILES string of the molecule is CCCCN(CC)C(=O)CSc1ncnc2c1sc1ccccc12. The predicted octanol–water partition coefficient (Wildman–Crippen LogP) is 4.59. The minimum Gasteiger partial charge on any atom is -0.342 e. The van der Waals surface area contributed by atoms with Crippen molar-refractivity contribution in [3.05, 3.63) is 30.6 Å². The smallest absolute Gasteiger partial charge is 0.232 e. The van der Waals surface area contributed by atoms with Crippen molar-refractivity contribution in [3.63, 3.8) is 0 Å². The third-order valence-electron chi connectivity index (χ3n) is 3.97. The van der Waals surface area contributed by atoms with Crippen molar-refractivity contribution in [1.29, 1.82) is 0 Å². The van der Waals surface area contributed by atoms with Gasteiger partial charge in [-0.2, -0.15) is 0 Å². The number of thiophene rings is 1. The third kappa shape index (κ3) is 3.54. The first-order valence-electron chi connectivity index (χ1n) is 8.27. The number of aromatic nitrogens is 2. The van der Waals surface area contributed by atoms with Crippen molar-refractivity contribution >= 4 is 49.3 Å². The van der Waals surface area contributed by atoms with Crippen LogP contribution in [0.4, 0.5) is 0 Å². The molecule has 4 nitrogen and oxygen atoms in total. The maximum Gasteiger partial charge on any atom is 0.232 e. The molecular weight excluding hydrogens is 338 g/mol. The number of nitrogens with zero attached hydrogens (tertiary/aromatic N) is 3. The number of unbranched alkanes of at least 4 members (excludes halogenated alkanes) is 1. The Morgan fingerprint density at radius 3 is 2.88 bits per heavy atom. The monoisotopic (exact) mass is 359 g/mol. The molecule has 126 valence electrons. The molecule has 0 aliphatic rings. The molecule has 0 saturated carbocycles. The first-order chi connectivity index (χ1) is 11.7. The summed E-state index contributed by atoms with van der Waals surface area (Å²) in [5.74, 6) is 0.613. The van der Waals surface area contributed by atoms with E-state index < -0.39 is 0 Å². The van der Waals surface area contributed by atoms with Gasteiger partial charge in [0, 0.05) is 23.2 Å². The maximum atomic E-state index is 12.4. The zero-order valence-corrected chi connectivity index (χ0v) is 15.6. The number of thioether (sulfide) groups is 1. The fourth-order valence-electron chi connectivity index (χ4n) is 2.64. The molecule has 2 heterocycles. The van der Waals surface area contributed by atoms with E-state index in [0.717, 1.165) is 46.6 Å². The van der Waals surface area contributed by atoms with Crippen molar-refractivity contribution in [1.82, 2.24) is 14.9 Å². The molecule has 0 bridgehead atoms. The standard InChI is InChI=1S/C18H21N3OS2/c1-3-5-10-21(4-2)15(22)11-23-18-17-16(19-12-20-18)13-8-6-7-9-14(13)24-17/h6-9,12H,3-5,10-11H2,1-2H3. The van der Waals surface area contributed by atoms with E-state index in [2.05, 4.69) is 29.0 Å². The highest BCUT2D eigenvalue weighted by Gasteiger charge is 2.15. The average Bonchev–Trinajstić information content (AvgIpc) is 3.00. The van der Waals surface area contributed by atoms with Crippen LogP contribution < -0.4 is 0 Å². The van der Waals surface area contributed by atoms with Gasteiger partial charge >= 0.3 is 0 Å². The van der Waals surface area contributed by atoms with Gasteiger partial charge in [-0.3, -0.25) is 4.79 Å². The Kier molecular flexibility index (Phi) is 5.68. The second-order valence-corrected chi connectivity index (χ2v) is 7.59. The van der Waals surface area contributed by atoms with Crippen molar-refractivity contribution < 1.29 is 4.79 Å². The Balaban J connectivity index is 1.79. The third-order valence-corrected chi connectivity index (χ3v) is 6.24. The second kappa shape index (κ2) is 7.94. The van der Waals surface area contributed by atoms with Crippen LogP contribution >= 0.6 is 23.1 Å². The lowest BCUT2D eigenvalue weighted by atomic mass is 10.2. The summed E-state index contributed by atoms with van der Waals surface area (Å²) in [4.78, 5) is 23.2. The lowest BCUT2D eigenvalue weighted by Crippen LogP contribution is -2.33. The molecule has 0 radical (unpaired) electrons. The fraction of sp³-hybridized carbons (Fsp3) is 0.389. The number of hydrogen-bond acceptors (Lipinski definition) is 5. The number of carbonyl (C=O) groups excluding carboxylic acids is 1. The van der Waals surface area contributed by atoms with Gasteiger partial charge in [0.05, 0.1) is 16.0 Å². The number of hydrogen-bond donors (Lipinski definition) is 0. The number of amides is 1. The van der Waals surface area contributed by atoms with E-state index in [0.29, 0.717) is 5.75 Å². The van der Waals surface area contributed by atoms with Crippen LogP contribution in [-0.4, -0.2) is 39.6 Å². The van der Waals surface area contributed by atoms with Gasteiger partial charge in [0.25, 0.3) is 0 Å². The topological polar surface area (TPSA) is 46.1 Å². The van der Waals surface area contributed by atoms with E-state index in [1.165, 1.54) is 16.5 Å². The normalized spacial score (nSPS) is 11.2. The van der Waals surface area contributed by atoms with E-state index in [-0.39, 0.29) is 5.91 Å². The highest BCUT2D eigenvalue weighted by Crippen LogP contribution is 2.36. The quantitative estimate of drug-likeness (QED) is 0.457. The van der Waals surface area contributed by atoms with Crippen LogP contribution in [0.3, 0.4) is 0 Å². The molecule has 3 aromatic rings. The predicted molar refractivity (Wildman–Crippen MR) is 103 cm³/mol. The average molecular weight is 360 g/mol. The lowest BCUT2D eigenvalue weighted by molar-refractivity contribution is -0.128. The van der Waals surface area contributed by atoms with E-state index in [1.54, 1.807) is 17.7 Å². The zero-order valence-electron chi connectivity index (χ0n) is 14.0.